The fourth-order valence-corrected chi connectivity index (χ4v) is 0.664. The first-order valence-corrected chi connectivity index (χ1v) is 4.52. The number of carbonyl (C=O) groups is 1. The lowest BCUT2D eigenvalue weighted by Crippen LogP contribution is -2.36. The van der Waals surface area contributed by atoms with Crippen molar-refractivity contribution in [1.82, 2.24) is 5.32 Å². The Morgan fingerprint density at radius 2 is 2.00 bits per heavy atom. The van der Waals surface area contributed by atoms with Crippen molar-refractivity contribution >= 4 is 52.3 Å². The zero-order chi connectivity index (χ0) is 9.78. The summed E-state index contributed by atoms with van der Waals surface area (Å²) >= 11 is 21.5. The molecule has 0 aliphatic carbocycles. The van der Waals surface area contributed by atoms with Crippen LogP contribution in [0.2, 0.25) is 0 Å². The van der Waals surface area contributed by atoms with E-state index in [-0.39, 0.29) is 11.0 Å². The van der Waals surface area contributed by atoms with E-state index in [0.29, 0.717) is 0 Å². The Morgan fingerprint density at radius 1 is 1.50 bits per heavy atom. The third kappa shape index (κ3) is 5.95. The van der Waals surface area contributed by atoms with Crippen molar-refractivity contribution in [2.24, 2.45) is 0 Å². The largest absolute Gasteiger partial charge is 0.350 e. The molecule has 0 aliphatic rings. The van der Waals surface area contributed by atoms with Crippen LogP contribution in [0.4, 0.5) is 0 Å². The maximum atomic E-state index is 11.0. The molecule has 1 N–H and O–H groups in total. The lowest BCUT2D eigenvalue weighted by molar-refractivity contribution is -0.121. The van der Waals surface area contributed by atoms with Crippen molar-refractivity contribution in [2.45, 2.75) is 11.3 Å². The van der Waals surface area contributed by atoms with Crippen molar-refractivity contribution in [1.29, 1.82) is 0 Å². The van der Waals surface area contributed by atoms with Gasteiger partial charge in [-0.05, 0) is 13.0 Å². The van der Waals surface area contributed by atoms with E-state index in [1.807, 2.05) is 0 Å². The van der Waals surface area contributed by atoms with E-state index in [0.717, 1.165) is 0 Å². The Bertz CT molecular complexity index is 192. The smallest absolute Gasteiger partial charge is 0.256 e. The molecule has 0 atom stereocenters. The number of carbonyl (C=O) groups excluding carboxylic acids is 1. The van der Waals surface area contributed by atoms with Crippen LogP contribution in [0.3, 0.4) is 0 Å². The van der Waals surface area contributed by atoms with Crippen LogP contribution in [0.1, 0.15) is 6.92 Å². The molecule has 0 bridgehead atoms. The van der Waals surface area contributed by atoms with E-state index in [1.54, 1.807) is 0 Å². The highest BCUT2D eigenvalue weighted by molar-refractivity contribution is 6.57. The molecule has 0 aliphatic heterocycles. The Balaban J connectivity index is 3.82. The van der Waals surface area contributed by atoms with Crippen molar-refractivity contribution in [3.05, 3.63) is 10.6 Å². The number of rotatable bonds is 3. The Morgan fingerprint density at radius 3 is 2.33 bits per heavy atom. The standard InChI is InChI=1S/C6H7Cl4NO/c1-6(9,10)5(12)11-3-2-4(7)8/h2H,3H2,1H3,(H,11,12). The highest BCUT2D eigenvalue weighted by Crippen LogP contribution is 2.19. The van der Waals surface area contributed by atoms with Crippen LogP contribution in [-0.2, 0) is 4.79 Å². The van der Waals surface area contributed by atoms with E-state index in [1.165, 1.54) is 13.0 Å². The molecule has 0 fully saturated rings. The minimum atomic E-state index is -1.42. The number of halogens is 4. The Hall–Kier alpha value is 0.370. The quantitative estimate of drug-likeness (QED) is 0.767. The molecule has 0 aromatic heterocycles. The predicted molar refractivity (Wildman–Crippen MR) is 52.9 cm³/mol. The van der Waals surface area contributed by atoms with Gasteiger partial charge in [0.15, 0.2) is 4.33 Å². The summed E-state index contributed by atoms with van der Waals surface area (Å²) in [5, 5.41) is 2.41. The second kappa shape index (κ2) is 5.18. The molecule has 1 amide bonds. The fourth-order valence-electron chi connectivity index (χ4n) is 0.376. The highest BCUT2D eigenvalue weighted by atomic mass is 35.5. The third-order valence-corrected chi connectivity index (χ3v) is 1.57. The van der Waals surface area contributed by atoms with E-state index in [4.69, 9.17) is 46.4 Å². The SMILES string of the molecule is CC(Cl)(Cl)C(=O)NCC=C(Cl)Cl. The second-order valence-electron chi connectivity index (χ2n) is 2.09. The summed E-state index contributed by atoms with van der Waals surface area (Å²) < 4.78 is -1.34. The van der Waals surface area contributed by atoms with Crippen LogP contribution in [-0.4, -0.2) is 16.8 Å². The zero-order valence-electron chi connectivity index (χ0n) is 6.20. The summed E-state index contributed by atoms with van der Waals surface area (Å²) in [7, 11) is 0. The van der Waals surface area contributed by atoms with Gasteiger partial charge in [0.25, 0.3) is 5.91 Å². The molecule has 0 aromatic rings. The molecule has 0 spiro atoms. The molecule has 2 nitrogen and oxygen atoms in total. The van der Waals surface area contributed by atoms with Crippen LogP contribution in [0.5, 0.6) is 0 Å². The maximum absolute atomic E-state index is 11.0. The van der Waals surface area contributed by atoms with Gasteiger partial charge in [-0.15, -0.1) is 0 Å². The minimum absolute atomic E-state index is 0.0844. The first-order chi connectivity index (χ1) is 5.34. The summed E-state index contributed by atoms with van der Waals surface area (Å²) in [5.41, 5.74) is 0. The van der Waals surface area contributed by atoms with Crippen molar-refractivity contribution in [3.8, 4) is 0 Å². The first-order valence-electron chi connectivity index (χ1n) is 3.01. The molecule has 0 unspecified atom stereocenters. The van der Waals surface area contributed by atoms with Crippen LogP contribution >= 0.6 is 46.4 Å². The molecule has 0 saturated carbocycles. The number of alkyl halides is 2. The van der Waals surface area contributed by atoms with E-state index < -0.39 is 10.2 Å². The number of hydrogen-bond donors (Lipinski definition) is 1. The average Bonchev–Trinajstić information content (AvgIpc) is 1.84. The fraction of sp³-hybridized carbons (Fsp3) is 0.500. The summed E-state index contributed by atoms with van der Waals surface area (Å²) in [6.45, 7) is 1.58. The van der Waals surface area contributed by atoms with Crippen LogP contribution in [0.25, 0.3) is 0 Å². The number of amides is 1. The Labute approximate surface area is 90.8 Å². The molecule has 0 radical (unpaired) electrons. The van der Waals surface area contributed by atoms with Crippen molar-refractivity contribution < 1.29 is 4.79 Å². The summed E-state index contributed by atoms with van der Waals surface area (Å²) in [4.78, 5) is 11.0. The lowest BCUT2D eigenvalue weighted by atomic mass is 10.4. The van der Waals surface area contributed by atoms with E-state index in [2.05, 4.69) is 5.32 Å². The van der Waals surface area contributed by atoms with Crippen molar-refractivity contribution in [2.75, 3.05) is 6.54 Å². The first kappa shape index (κ1) is 12.4. The number of hydrogen-bond acceptors (Lipinski definition) is 1. The topological polar surface area (TPSA) is 29.1 Å². The van der Waals surface area contributed by atoms with E-state index >= 15 is 0 Å². The third-order valence-electron chi connectivity index (χ3n) is 0.918. The molecule has 0 saturated heterocycles. The van der Waals surface area contributed by atoms with Crippen LogP contribution in [0.15, 0.2) is 10.6 Å². The predicted octanol–water partition coefficient (Wildman–Crippen LogP) is 2.62. The average molecular weight is 251 g/mol. The molecule has 0 heterocycles. The number of nitrogens with one attached hydrogen (secondary N) is 1. The van der Waals surface area contributed by atoms with Gasteiger partial charge in [0.1, 0.15) is 4.49 Å². The normalized spacial score (nSPS) is 10.8. The van der Waals surface area contributed by atoms with Gasteiger partial charge in [-0.2, -0.15) is 0 Å². The van der Waals surface area contributed by atoms with Gasteiger partial charge in [-0.1, -0.05) is 46.4 Å². The summed E-state index contributed by atoms with van der Waals surface area (Å²) in [5.74, 6) is -0.489. The van der Waals surface area contributed by atoms with Gasteiger partial charge in [0.05, 0.1) is 0 Å². The highest BCUT2D eigenvalue weighted by Gasteiger charge is 2.26. The van der Waals surface area contributed by atoms with Crippen LogP contribution < -0.4 is 5.32 Å². The van der Waals surface area contributed by atoms with Gasteiger partial charge >= 0.3 is 0 Å². The van der Waals surface area contributed by atoms with Gasteiger partial charge in [-0.25, -0.2) is 0 Å². The molecular weight excluding hydrogens is 244 g/mol. The summed E-state index contributed by atoms with van der Waals surface area (Å²) in [6.07, 6.45) is 1.42. The van der Waals surface area contributed by atoms with Gasteiger partial charge in [-0.3, -0.25) is 4.79 Å². The van der Waals surface area contributed by atoms with E-state index in [9.17, 15) is 4.79 Å². The monoisotopic (exact) mass is 249 g/mol. The van der Waals surface area contributed by atoms with Gasteiger partial charge in [0.2, 0.25) is 0 Å². The molecule has 6 heteroatoms. The van der Waals surface area contributed by atoms with Crippen LogP contribution in [0, 0.1) is 0 Å². The summed E-state index contributed by atoms with van der Waals surface area (Å²) in [6, 6.07) is 0. The maximum Gasteiger partial charge on any atom is 0.256 e. The molecule has 0 rings (SSSR count). The molecule has 0 aromatic carbocycles. The molecule has 12 heavy (non-hydrogen) atoms. The van der Waals surface area contributed by atoms with Gasteiger partial charge < -0.3 is 5.32 Å². The molecular formula is C6H7Cl4NO. The zero-order valence-corrected chi connectivity index (χ0v) is 9.23. The second-order valence-corrected chi connectivity index (χ2v) is 4.81. The lowest BCUT2D eigenvalue weighted by Gasteiger charge is -2.11. The molecule has 70 valence electrons. The Kier molecular flexibility index (Phi) is 5.34. The van der Waals surface area contributed by atoms with Gasteiger partial charge in [0, 0.05) is 6.54 Å². The van der Waals surface area contributed by atoms with Crippen molar-refractivity contribution in [3.63, 3.8) is 0 Å². The minimum Gasteiger partial charge on any atom is -0.350 e.